The predicted octanol–water partition coefficient (Wildman–Crippen LogP) is 3.51. The summed E-state index contributed by atoms with van der Waals surface area (Å²) in [6.45, 7) is 0. The van der Waals surface area contributed by atoms with Crippen molar-refractivity contribution in [3.8, 4) is 0 Å². The van der Waals surface area contributed by atoms with Gasteiger partial charge < -0.3 is 5.32 Å². The van der Waals surface area contributed by atoms with Crippen LogP contribution in [0.5, 0.6) is 0 Å². The van der Waals surface area contributed by atoms with Gasteiger partial charge in [-0.3, -0.25) is 0 Å². The van der Waals surface area contributed by atoms with Crippen LogP contribution in [0.25, 0.3) is 0 Å². The van der Waals surface area contributed by atoms with Gasteiger partial charge in [0.2, 0.25) is 0 Å². The Labute approximate surface area is 121 Å². The summed E-state index contributed by atoms with van der Waals surface area (Å²) in [5.74, 6) is 3.76. The van der Waals surface area contributed by atoms with Gasteiger partial charge in [-0.05, 0) is 11.6 Å². The Balaban J connectivity index is 1.96. The lowest BCUT2D eigenvalue weighted by atomic mass is 10.1. The molecule has 0 saturated heterocycles. The highest BCUT2D eigenvalue weighted by molar-refractivity contribution is 7.98. The average molecular weight is 292 g/mol. The highest BCUT2D eigenvalue weighted by Gasteiger charge is 2.19. The number of rotatable bonds is 3. The number of aromatic nitrogens is 2. The van der Waals surface area contributed by atoms with Crippen LogP contribution in [0, 0.1) is 0 Å². The normalized spacial score (nSPS) is 13.4. The molecule has 0 atom stereocenters. The molecule has 1 aromatic heterocycles. The Morgan fingerprint density at radius 1 is 1.26 bits per heavy atom. The van der Waals surface area contributed by atoms with Crippen molar-refractivity contribution in [1.29, 1.82) is 0 Å². The van der Waals surface area contributed by atoms with Gasteiger partial charge in [-0.25, -0.2) is 9.97 Å². The van der Waals surface area contributed by atoms with E-state index in [2.05, 4.69) is 15.3 Å². The van der Waals surface area contributed by atoms with Crippen LogP contribution >= 0.6 is 23.4 Å². The van der Waals surface area contributed by atoms with Gasteiger partial charge >= 0.3 is 0 Å². The van der Waals surface area contributed by atoms with Gasteiger partial charge in [0.15, 0.2) is 0 Å². The van der Waals surface area contributed by atoms with Gasteiger partial charge in [-0.15, -0.1) is 0 Å². The molecule has 3 nitrogen and oxygen atoms in total. The van der Waals surface area contributed by atoms with Crippen molar-refractivity contribution in [2.24, 2.45) is 0 Å². The Kier molecular flexibility index (Phi) is 3.62. The number of halogens is 1. The SMILES string of the molecule is CNc1nc(Cc2ccccc2Cl)nc2c1CSC2. The number of benzene rings is 1. The molecule has 0 spiro atoms. The van der Waals surface area contributed by atoms with Crippen molar-refractivity contribution in [3.63, 3.8) is 0 Å². The number of anilines is 1. The van der Waals surface area contributed by atoms with Gasteiger partial charge in [-0.2, -0.15) is 11.8 Å². The topological polar surface area (TPSA) is 37.8 Å². The van der Waals surface area contributed by atoms with Crippen LogP contribution in [0.15, 0.2) is 24.3 Å². The minimum atomic E-state index is 0.673. The zero-order valence-corrected chi connectivity index (χ0v) is 12.2. The number of nitrogens with one attached hydrogen (secondary N) is 1. The summed E-state index contributed by atoms with van der Waals surface area (Å²) < 4.78 is 0. The van der Waals surface area contributed by atoms with Crippen molar-refractivity contribution >= 4 is 29.2 Å². The third-order valence-electron chi connectivity index (χ3n) is 3.17. The van der Waals surface area contributed by atoms with Crippen molar-refractivity contribution in [2.45, 2.75) is 17.9 Å². The summed E-state index contributed by atoms with van der Waals surface area (Å²) in [5, 5.41) is 3.94. The lowest BCUT2D eigenvalue weighted by Crippen LogP contribution is -2.06. The van der Waals surface area contributed by atoms with Gasteiger partial charge in [-0.1, -0.05) is 29.8 Å². The van der Waals surface area contributed by atoms with Crippen LogP contribution in [0.2, 0.25) is 5.02 Å². The Morgan fingerprint density at radius 2 is 2.11 bits per heavy atom. The third kappa shape index (κ3) is 2.55. The van der Waals surface area contributed by atoms with Gasteiger partial charge in [0.25, 0.3) is 0 Å². The quantitative estimate of drug-likeness (QED) is 0.939. The third-order valence-corrected chi connectivity index (χ3v) is 4.51. The summed E-state index contributed by atoms with van der Waals surface area (Å²) in [5.41, 5.74) is 3.47. The largest absolute Gasteiger partial charge is 0.373 e. The monoisotopic (exact) mass is 291 g/mol. The Morgan fingerprint density at radius 3 is 2.89 bits per heavy atom. The molecule has 0 aliphatic carbocycles. The minimum Gasteiger partial charge on any atom is -0.373 e. The number of fused-ring (bicyclic) bond motifs is 1. The molecular formula is C14H14ClN3S. The van der Waals surface area contributed by atoms with Crippen molar-refractivity contribution < 1.29 is 0 Å². The van der Waals surface area contributed by atoms with E-state index in [0.717, 1.165) is 39.4 Å². The van der Waals surface area contributed by atoms with E-state index in [-0.39, 0.29) is 0 Å². The van der Waals surface area contributed by atoms with Crippen LogP contribution in [0.3, 0.4) is 0 Å². The van der Waals surface area contributed by atoms with E-state index in [9.17, 15) is 0 Å². The summed E-state index contributed by atoms with van der Waals surface area (Å²) in [4.78, 5) is 9.27. The first-order valence-electron chi connectivity index (χ1n) is 6.15. The zero-order chi connectivity index (χ0) is 13.2. The first-order valence-corrected chi connectivity index (χ1v) is 7.68. The van der Waals surface area contributed by atoms with Crippen molar-refractivity contribution in [1.82, 2.24) is 9.97 Å². The number of nitrogens with zero attached hydrogens (tertiary/aromatic N) is 2. The molecule has 19 heavy (non-hydrogen) atoms. The molecule has 0 saturated carbocycles. The van der Waals surface area contributed by atoms with Crippen LogP contribution in [0.4, 0.5) is 5.82 Å². The highest BCUT2D eigenvalue weighted by atomic mass is 35.5. The van der Waals surface area contributed by atoms with Gasteiger partial charge in [0, 0.05) is 35.6 Å². The molecule has 2 aromatic rings. The summed E-state index contributed by atoms with van der Waals surface area (Å²) in [6, 6.07) is 7.85. The maximum Gasteiger partial charge on any atom is 0.135 e. The molecule has 2 heterocycles. The fourth-order valence-electron chi connectivity index (χ4n) is 2.20. The molecule has 0 radical (unpaired) electrons. The number of thioether (sulfide) groups is 1. The molecule has 98 valence electrons. The van der Waals surface area contributed by atoms with E-state index in [1.54, 1.807) is 0 Å². The molecule has 1 aliphatic rings. The van der Waals surface area contributed by atoms with Crippen molar-refractivity contribution in [2.75, 3.05) is 12.4 Å². The maximum atomic E-state index is 6.19. The molecule has 3 rings (SSSR count). The van der Waals surface area contributed by atoms with Crippen LogP contribution in [-0.2, 0) is 17.9 Å². The standard InChI is InChI=1S/C14H14ClN3S/c1-16-14-10-7-19-8-12(10)17-13(18-14)6-9-4-2-3-5-11(9)15/h2-5H,6-8H2,1H3,(H,16,17,18). The first kappa shape index (κ1) is 12.8. The van der Waals surface area contributed by atoms with E-state index in [1.807, 2.05) is 43.1 Å². The van der Waals surface area contributed by atoms with Crippen molar-refractivity contribution in [3.05, 3.63) is 51.9 Å². The molecule has 0 amide bonds. The second-order valence-electron chi connectivity index (χ2n) is 4.42. The lowest BCUT2D eigenvalue weighted by molar-refractivity contribution is 0.930. The molecule has 0 fully saturated rings. The van der Waals surface area contributed by atoms with E-state index in [1.165, 1.54) is 5.56 Å². The van der Waals surface area contributed by atoms with E-state index in [0.29, 0.717) is 6.42 Å². The maximum absolute atomic E-state index is 6.19. The predicted molar refractivity (Wildman–Crippen MR) is 80.8 cm³/mol. The van der Waals surface area contributed by atoms with E-state index >= 15 is 0 Å². The fourth-order valence-corrected chi connectivity index (χ4v) is 3.44. The molecule has 1 aliphatic heterocycles. The molecule has 5 heteroatoms. The smallest absolute Gasteiger partial charge is 0.135 e. The Bertz CT molecular complexity index is 616. The van der Waals surface area contributed by atoms with Crippen LogP contribution in [-0.4, -0.2) is 17.0 Å². The number of hydrogen-bond donors (Lipinski definition) is 1. The number of hydrogen-bond acceptors (Lipinski definition) is 4. The fraction of sp³-hybridized carbons (Fsp3) is 0.286. The molecular weight excluding hydrogens is 278 g/mol. The second-order valence-corrected chi connectivity index (χ2v) is 5.82. The summed E-state index contributed by atoms with van der Waals surface area (Å²) in [6.07, 6.45) is 0.673. The Hall–Kier alpha value is -1.26. The summed E-state index contributed by atoms with van der Waals surface area (Å²) in [7, 11) is 1.91. The lowest BCUT2D eigenvalue weighted by Gasteiger charge is -2.09. The van der Waals surface area contributed by atoms with Gasteiger partial charge in [0.05, 0.1) is 5.69 Å². The molecule has 1 aromatic carbocycles. The van der Waals surface area contributed by atoms with E-state index < -0.39 is 0 Å². The van der Waals surface area contributed by atoms with Crippen LogP contribution < -0.4 is 5.32 Å². The zero-order valence-electron chi connectivity index (χ0n) is 10.6. The van der Waals surface area contributed by atoms with E-state index in [4.69, 9.17) is 11.6 Å². The highest BCUT2D eigenvalue weighted by Crippen LogP contribution is 2.33. The molecule has 0 bridgehead atoms. The van der Waals surface area contributed by atoms with Crippen LogP contribution in [0.1, 0.15) is 22.6 Å². The average Bonchev–Trinajstić information content (AvgIpc) is 2.89. The molecule has 0 unspecified atom stereocenters. The van der Waals surface area contributed by atoms with Gasteiger partial charge in [0.1, 0.15) is 11.6 Å². The minimum absolute atomic E-state index is 0.673. The second kappa shape index (κ2) is 5.39. The summed E-state index contributed by atoms with van der Waals surface area (Å²) >= 11 is 8.07. The molecule has 1 N–H and O–H groups in total. The first-order chi connectivity index (χ1) is 9.28.